The van der Waals surface area contributed by atoms with Gasteiger partial charge in [0.2, 0.25) is 5.95 Å². The second kappa shape index (κ2) is 6.27. The monoisotopic (exact) mass is 266 g/mol. The molecule has 0 aromatic carbocycles. The molecule has 6 nitrogen and oxygen atoms in total. The molecular weight excluding hydrogens is 244 g/mol. The van der Waals surface area contributed by atoms with E-state index in [1.165, 1.54) is 0 Å². The average molecular weight is 266 g/mol. The van der Waals surface area contributed by atoms with Gasteiger partial charge in [-0.2, -0.15) is 0 Å². The highest BCUT2D eigenvalue weighted by Crippen LogP contribution is 2.18. The van der Waals surface area contributed by atoms with Crippen LogP contribution < -0.4 is 4.90 Å². The zero-order valence-corrected chi connectivity index (χ0v) is 11.4. The highest BCUT2D eigenvalue weighted by molar-refractivity contribution is 5.29. The van der Waals surface area contributed by atoms with Crippen molar-refractivity contribution in [1.29, 1.82) is 0 Å². The van der Waals surface area contributed by atoms with Crippen molar-refractivity contribution < 1.29 is 10.2 Å². The minimum atomic E-state index is -0.425. The van der Waals surface area contributed by atoms with E-state index in [-0.39, 0.29) is 13.2 Å². The number of piperazine rings is 1. The van der Waals surface area contributed by atoms with E-state index in [0.717, 1.165) is 32.1 Å². The largest absolute Gasteiger partial charge is 0.396 e. The first-order chi connectivity index (χ1) is 9.17. The zero-order valence-electron chi connectivity index (χ0n) is 11.4. The van der Waals surface area contributed by atoms with Crippen LogP contribution in [0.5, 0.6) is 0 Å². The Labute approximate surface area is 113 Å². The molecule has 2 heterocycles. The fraction of sp³-hybridized carbons (Fsp3) is 0.692. The smallest absolute Gasteiger partial charge is 0.225 e. The fourth-order valence-electron chi connectivity index (χ4n) is 2.25. The van der Waals surface area contributed by atoms with Crippen LogP contribution in [0.1, 0.15) is 6.92 Å². The molecule has 1 aliphatic rings. The van der Waals surface area contributed by atoms with Gasteiger partial charge in [-0.25, -0.2) is 9.97 Å². The van der Waals surface area contributed by atoms with E-state index >= 15 is 0 Å². The predicted molar refractivity (Wildman–Crippen MR) is 73.0 cm³/mol. The van der Waals surface area contributed by atoms with Crippen molar-refractivity contribution in [2.45, 2.75) is 6.92 Å². The Morgan fingerprint density at radius 1 is 1.11 bits per heavy atom. The Hall–Kier alpha value is -1.24. The van der Waals surface area contributed by atoms with Gasteiger partial charge in [0, 0.05) is 50.5 Å². The Kier molecular flexibility index (Phi) is 4.68. The topological polar surface area (TPSA) is 72.7 Å². The van der Waals surface area contributed by atoms with Gasteiger partial charge >= 0.3 is 0 Å². The van der Waals surface area contributed by atoms with Gasteiger partial charge in [0.15, 0.2) is 0 Å². The second-order valence-corrected chi connectivity index (χ2v) is 5.44. The third kappa shape index (κ3) is 3.62. The second-order valence-electron chi connectivity index (χ2n) is 5.44. The van der Waals surface area contributed by atoms with Crippen molar-refractivity contribution in [3.8, 4) is 0 Å². The van der Waals surface area contributed by atoms with E-state index < -0.39 is 5.41 Å². The number of anilines is 1. The Balaban J connectivity index is 1.86. The molecule has 1 saturated heterocycles. The minimum Gasteiger partial charge on any atom is -0.396 e. The number of hydrogen-bond donors (Lipinski definition) is 2. The van der Waals surface area contributed by atoms with Gasteiger partial charge in [-0.05, 0) is 6.07 Å². The van der Waals surface area contributed by atoms with Crippen molar-refractivity contribution >= 4 is 5.95 Å². The minimum absolute atomic E-state index is 0.00547. The lowest BCUT2D eigenvalue weighted by atomic mass is 9.92. The fourth-order valence-corrected chi connectivity index (χ4v) is 2.25. The van der Waals surface area contributed by atoms with Crippen LogP contribution in [-0.4, -0.2) is 71.0 Å². The summed E-state index contributed by atoms with van der Waals surface area (Å²) in [6, 6.07) is 1.81. The molecule has 0 unspecified atom stereocenters. The lowest BCUT2D eigenvalue weighted by Crippen LogP contribution is -2.51. The predicted octanol–water partition coefficient (Wildman–Crippen LogP) is -0.411. The van der Waals surface area contributed by atoms with Crippen molar-refractivity contribution in [1.82, 2.24) is 14.9 Å². The summed E-state index contributed by atoms with van der Waals surface area (Å²) in [5.41, 5.74) is -0.425. The summed E-state index contributed by atoms with van der Waals surface area (Å²) in [7, 11) is 0. The first kappa shape index (κ1) is 14.2. The zero-order chi connectivity index (χ0) is 13.7. The molecule has 1 fully saturated rings. The van der Waals surface area contributed by atoms with Crippen LogP contribution in [0.4, 0.5) is 5.95 Å². The quantitative estimate of drug-likeness (QED) is 0.755. The molecule has 106 valence electrons. The highest BCUT2D eigenvalue weighted by Gasteiger charge is 2.28. The van der Waals surface area contributed by atoms with Gasteiger partial charge in [0.25, 0.3) is 0 Å². The first-order valence-electron chi connectivity index (χ1n) is 6.63. The van der Waals surface area contributed by atoms with E-state index in [1.807, 2.05) is 13.0 Å². The summed E-state index contributed by atoms with van der Waals surface area (Å²) in [4.78, 5) is 12.9. The van der Waals surface area contributed by atoms with Crippen LogP contribution in [-0.2, 0) is 0 Å². The van der Waals surface area contributed by atoms with E-state index in [9.17, 15) is 10.2 Å². The molecule has 0 amide bonds. The maximum atomic E-state index is 9.33. The highest BCUT2D eigenvalue weighted by atomic mass is 16.3. The molecule has 19 heavy (non-hydrogen) atoms. The number of aromatic nitrogens is 2. The van der Waals surface area contributed by atoms with Crippen LogP contribution in [0.25, 0.3) is 0 Å². The molecule has 2 rings (SSSR count). The molecule has 0 spiro atoms. The molecule has 1 aromatic heterocycles. The van der Waals surface area contributed by atoms with Crippen molar-refractivity contribution in [3.63, 3.8) is 0 Å². The Bertz CT molecular complexity index is 375. The Morgan fingerprint density at radius 2 is 1.68 bits per heavy atom. The third-order valence-corrected chi connectivity index (χ3v) is 3.58. The van der Waals surface area contributed by atoms with Gasteiger partial charge in [0.05, 0.1) is 13.2 Å². The number of aliphatic hydroxyl groups excluding tert-OH is 2. The van der Waals surface area contributed by atoms with E-state index in [2.05, 4.69) is 19.8 Å². The summed E-state index contributed by atoms with van der Waals surface area (Å²) in [5, 5.41) is 18.7. The van der Waals surface area contributed by atoms with Gasteiger partial charge in [-0.15, -0.1) is 0 Å². The third-order valence-electron chi connectivity index (χ3n) is 3.58. The molecule has 6 heteroatoms. The van der Waals surface area contributed by atoms with E-state index in [1.54, 1.807) is 12.4 Å². The molecule has 0 aliphatic carbocycles. The van der Waals surface area contributed by atoms with Crippen molar-refractivity contribution in [3.05, 3.63) is 18.5 Å². The summed E-state index contributed by atoms with van der Waals surface area (Å²) in [6.45, 7) is 6.16. The summed E-state index contributed by atoms with van der Waals surface area (Å²) in [5.74, 6) is 0.772. The first-order valence-corrected chi connectivity index (χ1v) is 6.63. The maximum absolute atomic E-state index is 9.33. The molecule has 0 radical (unpaired) electrons. The number of nitrogens with zero attached hydrogens (tertiary/aromatic N) is 4. The molecule has 1 aliphatic heterocycles. The van der Waals surface area contributed by atoms with Crippen LogP contribution in [0.15, 0.2) is 18.5 Å². The van der Waals surface area contributed by atoms with Gasteiger partial charge < -0.3 is 15.1 Å². The standard InChI is InChI=1S/C13H22N4O2/c1-13(10-18,11-19)9-16-5-7-17(8-6-16)12-14-3-2-4-15-12/h2-4,18-19H,5-11H2,1H3. The molecule has 0 saturated carbocycles. The van der Waals surface area contributed by atoms with Crippen molar-refractivity contribution in [2.24, 2.45) is 5.41 Å². The van der Waals surface area contributed by atoms with Crippen LogP contribution >= 0.6 is 0 Å². The van der Waals surface area contributed by atoms with Crippen LogP contribution in [0.3, 0.4) is 0 Å². The number of hydrogen-bond acceptors (Lipinski definition) is 6. The van der Waals surface area contributed by atoms with Gasteiger partial charge in [-0.1, -0.05) is 6.92 Å². The SMILES string of the molecule is CC(CO)(CO)CN1CCN(c2ncccn2)CC1. The Morgan fingerprint density at radius 3 is 2.21 bits per heavy atom. The number of aliphatic hydroxyl groups is 2. The molecule has 1 aromatic rings. The molecule has 0 bridgehead atoms. The van der Waals surface area contributed by atoms with Gasteiger partial charge in [0.1, 0.15) is 0 Å². The molecule has 0 atom stereocenters. The van der Waals surface area contributed by atoms with E-state index in [0.29, 0.717) is 6.54 Å². The lowest BCUT2D eigenvalue weighted by molar-refractivity contribution is 0.0335. The number of rotatable bonds is 5. The van der Waals surface area contributed by atoms with Crippen molar-refractivity contribution in [2.75, 3.05) is 50.8 Å². The summed E-state index contributed by atoms with van der Waals surface area (Å²) < 4.78 is 0. The van der Waals surface area contributed by atoms with E-state index in [4.69, 9.17) is 0 Å². The molecule has 2 N–H and O–H groups in total. The molecular formula is C13H22N4O2. The van der Waals surface area contributed by atoms with Crippen LogP contribution in [0, 0.1) is 5.41 Å². The average Bonchev–Trinajstić information content (AvgIpc) is 2.49. The summed E-state index contributed by atoms with van der Waals surface area (Å²) >= 11 is 0. The lowest BCUT2D eigenvalue weighted by Gasteiger charge is -2.38. The normalized spacial score (nSPS) is 17.7. The summed E-state index contributed by atoms with van der Waals surface area (Å²) in [6.07, 6.45) is 3.51. The van der Waals surface area contributed by atoms with Crippen LogP contribution in [0.2, 0.25) is 0 Å². The van der Waals surface area contributed by atoms with Gasteiger partial charge in [-0.3, -0.25) is 4.90 Å². The maximum Gasteiger partial charge on any atom is 0.225 e.